The molecule has 0 aliphatic carbocycles. The summed E-state index contributed by atoms with van der Waals surface area (Å²) in [5, 5.41) is 2.92. The third-order valence-electron chi connectivity index (χ3n) is 3.98. The second-order valence-corrected chi connectivity index (χ2v) is 6.64. The van der Waals surface area contributed by atoms with Gasteiger partial charge in [0.15, 0.2) is 6.10 Å². The van der Waals surface area contributed by atoms with Crippen molar-refractivity contribution >= 4 is 5.91 Å². The topological polar surface area (TPSA) is 56.8 Å². The van der Waals surface area contributed by atoms with E-state index in [4.69, 9.17) is 14.2 Å². The first-order valence-corrected chi connectivity index (χ1v) is 9.32. The molecular weight excluding hydrogens is 342 g/mol. The first kappa shape index (κ1) is 20.6. The van der Waals surface area contributed by atoms with Crippen molar-refractivity contribution < 1.29 is 19.0 Å². The highest BCUT2D eigenvalue weighted by molar-refractivity contribution is 5.80. The first-order valence-electron chi connectivity index (χ1n) is 9.32. The van der Waals surface area contributed by atoms with E-state index in [1.54, 1.807) is 38.3 Å². The number of ether oxygens (including phenoxy) is 3. The maximum Gasteiger partial charge on any atom is 0.260 e. The number of hydrogen-bond donors (Lipinski definition) is 1. The number of hydrogen-bond acceptors (Lipinski definition) is 4. The predicted octanol–water partition coefficient (Wildman–Crippen LogP) is 4.00. The van der Waals surface area contributed by atoms with E-state index in [-0.39, 0.29) is 12.0 Å². The Labute approximate surface area is 161 Å². The van der Waals surface area contributed by atoms with Crippen molar-refractivity contribution in [1.82, 2.24) is 5.32 Å². The summed E-state index contributed by atoms with van der Waals surface area (Å²) in [6.07, 6.45) is 1.39. The molecule has 0 fully saturated rings. The molecule has 0 unspecified atom stereocenters. The van der Waals surface area contributed by atoms with E-state index in [0.717, 1.165) is 24.3 Å². The van der Waals surface area contributed by atoms with Gasteiger partial charge in [-0.2, -0.15) is 0 Å². The Morgan fingerprint density at radius 3 is 2.04 bits per heavy atom. The Kier molecular flexibility index (Phi) is 7.99. The number of methoxy groups -OCH3 is 1. The molecular formula is C22H29NO4. The average molecular weight is 371 g/mol. The summed E-state index contributed by atoms with van der Waals surface area (Å²) < 4.78 is 16.4. The van der Waals surface area contributed by atoms with Crippen LogP contribution < -0.4 is 19.5 Å². The molecule has 1 atom stereocenters. The van der Waals surface area contributed by atoms with Gasteiger partial charge in [0.05, 0.1) is 13.2 Å². The van der Waals surface area contributed by atoms with Crippen LogP contribution in [0.3, 0.4) is 0 Å². The lowest BCUT2D eigenvalue weighted by Crippen LogP contribution is -2.36. The summed E-state index contributed by atoms with van der Waals surface area (Å²) in [5.41, 5.74) is 1.22. The van der Waals surface area contributed by atoms with Crippen molar-refractivity contribution in [3.63, 3.8) is 0 Å². The number of carbonyl (C=O) groups is 1. The Morgan fingerprint density at radius 1 is 0.889 bits per heavy atom. The third kappa shape index (κ3) is 7.21. The monoisotopic (exact) mass is 371 g/mol. The molecule has 1 amide bonds. The van der Waals surface area contributed by atoms with E-state index < -0.39 is 6.10 Å². The molecule has 0 saturated heterocycles. The lowest BCUT2D eigenvalue weighted by atomic mass is 10.1. The number of benzene rings is 2. The molecule has 2 rings (SSSR count). The normalized spacial score (nSPS) is 11.7. The van der Waals surface area contributed by atoms with Gasteiger partial charge in [-0.15, -0.1) is 0 Å². The summed E-state index contributed by atoms with van der Waals surface area (Å²) in [7, 11) is 1.61. The molecule has 146 valence electrons. The molecule has 5 heteroatoms. The summed E-state index contributed by atoms with van der Waals surface area (Å²) in [4.78, 5) is 12.2. The molecule has 2 aromatic rings. The van der Waals surface area contributed by atoms with Gasteiger partial charge in [0.1, 0.15) is 17.2 Å². The number of rotatable bonds is 10. The number of carbonyl (C=O) groups excluding carboxylic acids is 1. The van der Waals surface area contributed by atoms with Gasteiger partial charge >= 0.3 is 0 Å². The Morgan fingerprint density at radius 2 is 1.44 bits per heavy atom. The molecule has 0 heterocycles. The predicted molar refractivity (Wildman–Crippen MR) is 107 cm³/mol. The Bertz CT molecular complexity index is 695. The van der Waals surface area contributed by atoms with Crippen molar-refractivity contribution in [2.75, 3.05) is 13.7 Å². The zero-order chi connectivity index (χ0) is 19.6. The van der Waals surface area contributed by atoms with Crippen molar-refractivity contribution in [3.8, 4) is 17.2 Å². The molecule has 2 aromatic carbocycles. The molecule has 0 aliphatic heterocycles. The Balaban J connectivity index is 1.68. The fraction of sp³-hybridized carbons (Fsp3) is 0.409. The second-order valence-electron chi connectivity index (χ2n) is 6.64. The maximum atomic E-state index is 12.2. The van der Waals surface area contributed by atoms with Crippen LogP contribution in [0.4, 0.5) is 0 Å². The molecule has 0 saturated carbocycles. The van der Waals surface area contributed by atoms with Crippen LogP contribution in [-0.4, -0.2) is 31.8 Å². The lowest BCUT2D eigenvalue weighted by molar-refractivity contribution is -0.127. The van der Waals surface area contributed by atoms with Gasteiger partial charge in [-0.1, -0.05) is 12.1 Å². The zero-order valence-corrected chi connectivity index (χ0v) is 16.5. The van der Waals surface area contributed by atoms with Crippen LogP contribution in [0.5, 0.6) is 17.2 Å². The molecule has 5 nitrogen and oxygen atoms in total. The van der Waals surface area contributed by atoms with E-state index in [1.165, 1.54) is 5.56 Å². The van der Waals surface area contributed by atoms with Crippen molar-refractivity contribution in [2.24, 2.45) is 0 Å². The second kappa shape index (κ2) is 10.5. The lowest BCUT2D eigenvalue weighted by Gasteiger charge is -2.15. The van der Waals surface area contributed by atoms with Gasteiger partial charge in [0, 0.05) is 6.54 Å². The maximum absolute atomic E-state index is 12.2. The smallest absolute Gasteiger partial charge is 0.260 e. The molecule has 0 aliphatic rings. The Hall–Kier alpha value is -2.69. The van der Waals surface area contributed by atoms with Gasteiger partial charge in [0.25, 0.3) is 5.91 Å². The number of amides is 1. The first-order chi connectivity index (χ1) is 13.0. The average Bonchev–Trinajstić information content (AvgIpc) is 2.66. The molecule has 0 bridgehead atoms. The van der Waals surface area contributed by atoms with E-state index in [0.29, 0.717) is 12.3 Å². The molecule has 0 spiro atoms. The molecule has 1 N–H and O–H groups in total. The SMILES string of the molecule is COc1ccc(O[C@H](C)C(=O)NCCCc2ccc(OC(C)C)cc2)cc1. The highest BCUT2D eigenvalue weighted by atomic mass is 16.5. The van der Waals surface area contributed by atoms with E-state index in [9.17, 15) is 4.79 Å². The van der Waals surface area contributed by atoms with Crippen LogP contribution in [0.15, 0.2) is 48.5 Å². The molecule has 27 heavy (non-hydrogen) atoms. The van der Waals surface area contributed by atoms with E-state index in [1.807, 2.05) is 26.0 Å². The minimum absolute atomic E-state index is 0.119. The van der Waals surface area contributed by atoms with Gasteiger partial charge in [-0.3, -0.25) is 4.79 Å². The van der Waals surface area contributed by atoms with E-state index in [2.05, 4.69) is 17.4 Å². The van der Waals surface area contributed by atoms with Gasteiger partial charge in [-0.05, 0) is 75.6 Å². The quantitative estimate of drug-likeness (QED) is 0.642. The van der Waals surface area contributed by atoms with Gasteiger partial charge < -0.3 is 19.5 Å². The van der Waals surface area contributed by atoms with Crippen LogP contribution in [0, 0.1) is 0 Å². The van der Waals surface area contributed by atoms with Crippen molar-refractivity contribution in [1.29, 1.82) is 0 Å². The summed E-state index contributed by atoms with van der Waals surface area (Å²) in [5.74, 6) is 2.16. The molecule has 0 radical (unpaired) electrons. The van der Waals surface area contributed by atoms with Crippen LogP contribution in [0.25, 0.3) is 0 Å². The zero-order valence-electron chi connectivity index (χ0n) is 16.5. The van der Waals surface area contributed by atoms with Crippen molar-refractivity contribution in [2.45, 2.75) is 45.8 Å². The summed E-state index contributed by atoms with van der Waals surface area (Å²) in [6, 6.07) is 15.3. The van der Waals surface area contributed by atoms with Gasteiger partial charge in [0.2, 0.25) is 0 Å². The number of aryl methyl sites for hydroxylation is 1. The molecule has 0 aromatic heterocycles. The highest BCUT2D eigenvalue weighted by Gasteiger charge is 2.14. The van der Waals surface area contributed by atoms with Gasteiger partial charge in [-0.25, -0.2) is 0 Å². The van der Waals surface area contributed by atoms with Crippen LogP contribution >= 0.6 is 0 Å². The summed E-state index contributed by atoms with van der Waals surface area (Å²) in [6.45, 7) is 6.37. The minimum atomic E-state index is -0.550. The highest BCUT2D eigenvalue weighted by Crippen LogP contribution is 2.18. The van der Waals surface area contributed by atoms with E-state index >= 15 is 0 Å². The standard InChI is InChI=1S/C22H29NO4/c1-16(2)26-20-9-7-18(8-10-20)6-5-15-23-22(24)17(3)27-21-13-11-19(25-4)12-14-21/h7-14,16-17H,5-6,15H2,1-4H3,(H,23,24)/t17-/m1/s1. The van der Waals surface area contributed by atoms with Crippen molar-refractivity contribution in [3.05, 3.63) is 54.1 Å². The van der Waals surface area contributed by atoms with Crippen LogP contribution in [-0.2, 0) is 11.2 Å². The number of nitrogens with one attached hydrogen (secondary N) is 1. The summed E-state index contributed by atoms with van der Waals surface area (Å²) >= 11 is 0. The van der Waals surface area contributed by atoms with Crippen LogP contribution in [0.2, 0.25) is 0 Å². The van der Waals surface area contributed by atoms with Crippen LogP contribution in [0.1, 0.15) is 32.8 Å². The minimum Gasteiger partial charge on any atom is -0.497 e. The fourth-order valence-corrected chi connectivity index (χ4v) is 2.57. The largest absolute Gasteiger partial charge is 0.497 e. The fourth-order valence-electron chi connectivity index (χ4n) is 2.57. The third-order valence-corrected chi connectivity index (χ3v) is 3.98.